The predicted octanol–water partition coefficient (Wildman–Crippen LogP) is 11.6. The van der Waals surface area contributed by atoms with E-state index in [0.29, 0.717) is 5.56 Å². The van der Waals surface area contributed by atoms with Gasteiger partial charge >= 0.3 is 378 Å². The van der Waals surface area contributed by atoms with Crippen molar-refractivity contribution < 1.29 is 15.1 Å². The fourth-order valence-corrected chi connectivity index (χ4v) is 26.6. The van der Waals surface area contributed by atoms with Gasteiger partial charge in [-0.3, -0.25) is 0 Å². The van der Waals surface area contributed by atoms with Crippen LogP contribution in [0.1, 0.15) is 84.4 Å². The van der Waals surface area contributed by atoms with E-state index in [1.807, 2.05) is 101 Å². The summed E-state index contributed by atoms with van der Waals surface area (Å²) >= 11 is -10.3. The van der Waals surface area contributed by atoms with E-state index in [9.17, 15) is 0 Å². The summed E-state index contributed by atoms with van der Waals surface area (Å²) in [5.74, 6) is 6.04. The van der Waals surface area contributed by atoms with Crippen molar-refractivity contribution >= 4 is 66.2 Å². The van der Waals surface area contributed by atoms with Crippen LogP contribution in [0.25, 0.3) is 33.4 Å². The summed E-state index contributed by atoms with van der Waals surface area (Å²) in [6.07, 6.45) is -0.570. The fraction of sp³-hybridized carbons (Fsp3) is 0.345. The molecule has 300 valence electrons. The number of hydrogen-bond donors (Lipinski definition) is 0. The van der Waals surface area contributed by atoms with Gasteiger partial charge in [0.25, 0.3) is 0 Å². The second-order valence-electron chi connectivity index (χ2n) is 19.8. The van der Waals surface area contributed by atoms with E-state index in [1.165, 1.54) is 5.56 Å². The van der Waals surface area contributed by atoms with Crippen LogP contribution in [-0.4, -0.2) is 39.8 Å². The Morgan fingerprint density at radius 1 is 0.414 bits per heavy atom. The minimum atomic E-state index is -3.64. The van der Waals surface area contributed by atoms with E-state index in [4.69, 9.17) is 15.1 Å². The topological polar surface area (TPSA) is 0 Å². The van der Waals surface area contributed by atoms with Crippen molar-refractivity contribution in [2.75, 3.05) is 0 Å². The zero-order valence-corrected chi connectivity index (χ0v) is 43.0. The molecule has 6 aromatic rings. The van der Waals surface area contributed by atoms with Gasteiger partial charge in [-0.1, -0.05) is 0 Å². The van der Waals surface area contributed by atoms with E-state index in [-0.39, 0.29) is 5.41 Å². The first-order chi connectivity index (χ1) is 31.5. The molecule has 3 aliphatic rings. The molecule has 0 nitrogen and oxygen atoms in total. The van der Waals surface area contributed by atoms with E-state index in [2.05, 4.69) is 94.1 Å². The predicted molar refractivity (Wildman–Crippen MR) is 266 cm³/mol. The molecule has 0 fully saturated rings. The summed E-state index contributed by atoms with van der Waals surface area (Å²) in [6, 6.07) is 38.9. The van der Waals surface area contributed by atoms with Gasteiger partial charge in [-0.15, -0.1) is 0 Å². The van der Waals surface area contributed by atoms with Crippen LogP contribution in [0.3, 0.4) is 0 Å². The molecule has 0 N–H and O–H groups in total. The van der Waals surface area contributed by atoms with Gasteiger partial charge in [0.15, 0.2) is 0 Å². The fourth-order valence-electron chi connectivity index (χ4n) is 9.17. The standard InChI is InChI=1S/2C20H26Ge.C15H16Ge/c2*1-14-7-9-16-17-10-8-15(13-20(2,3)4)12-19(17)21(5,6)18(16)11-14;1-11-8-9-13-12-6-4-5-7-14(12)16(2,3)15(13)10-11/h2*7-12H,13H2,1-6H3;4-10H,1-3H3/i5D3,13D2;5D3;2D3. The Hall–Kier alpha value is -3.05. The summed E-state index contributed by atoms with van der Waals surface area (Å²) in [7, 11) is 0. The first kappa shape index (κ1) is 30.9. The van der Waals surface area contributed by atoms with Crippen molar-refractivity contribution in [2.45, 2.75) is 109 Å². The van der Waals surface area contributed by atoms with E-state index >= 15 is 0 Å². The average Bonchev–Trinajstić information content (AvgIpc) is 3.75. The number of fused-ring (bicyclic) bond motifs is 9. The Bertz CT molecular complexity index is 2970. The van der Waals surface area contributed by atoms with Gasteiger partial charge in [-0.25, -0.2) is 0 Å². The van der Waals surface area contributed by atoms with E-state index in [1.54, 1.807) is 0 Å². The maximum absolute atomic E-state index is 8.61. The third-order valence-corrected chi connectivity index (χ3v) is 30.7. The third-order valence-electron chi connectivity index (χ3n) is 11.9. The second-order valence-corrected chi connectivity index (χ2v) is 40.8. The Kier molecular flexibility index (Phi) is 8.23. The van der Waals surface area contributed by atoms with Crippen LogP contribution in [0, 0.1) is 31.6 Å². The zero-order valence-electron chi connectivity index (χ0n) is 47.7. The SMILES string of the molecule is [2H]C([2H])(c1ccc2[c](c1)[Ge]([CH3])([C]([2H])([2H])[2H])[c]1cc(C)ccc1-2)C(C)(C)C.[2H][C]([2H])([2H])[Ge]1([CH3])[c]2cc(C)ccc2-c2ccc(CC(C)(C)C)c[c]21.[2H][C]([2H])([2H])[Ge]1([CH3])[c]2ccccc2-c2ccc(C)c[c]21. The van der Waals surface area contributed by atoms with Crippen molar-refractivity contribution in [3.05, 3.63) is 143 Å². The molecule has 0 bridgehead atoms. The molecule has 3 unspecified atom stereocenters. The van der Waals surface area contributed by atoms with Crippen molar-refractivity contribution in [2.24, 2.45) is 10.8 Å². The molecule has 3 atom stereocenters. The minimum absolute atomic E-state index is 0.194. The Balaban J connectivity index is 0.000000155. The van der Waals surface area contributed by atoms with Crippen molar-refractivity contribution in [1.82, 2.24) is 0 Å². The second kappa shape index (κ2) is 15.4. The first-order valence-electron chi connectivity index (χ1n) is 26.2. The van der Waals surface area contributed by atoms with Crippen molar-refractivity contribution in [1.29, 1.82) is 0 Å². The van der Waals surface area contributed by atoms with Crippen LogP contribution in [0.5, 0.6) is 0 Å². The quantitative estimate of drug-likeness (QED) is 0.152. The molecule has 0 aromatic heterocycles. The van der Waals surface area contributed by atoms with Crippen LogP contribution in [0.2, 0.25) is 34.3 Å². The zero-order chi connectivity index (χ0) is 51.5. The average molecular weight is 958 g/mol. The first-order valence-corrected chi connectivity index (χ1v) is 36.5. The number of aryl methyl sites for hydroxylation is 3. The van der Waals surface area contributed by atoms with Gasteiger partial charge in [-0.05, 0) is 0 Å². The van der Waals surface area contributed by atoms with Crippen LogP contribution in [0.15, 0.2) is 115 Å². The monoisotopic (exact) mass is 961 g/mol. The molecule has 3 aliphatic heterocycles. The number of rotatable bonds is 2. The molecule has 58 heavy (non-hydrogen) atoms. The maximum atomic E-state index is 8.61. The molecule has 0 spiro atoms. The van der Waals surface area contributed by atoms with Crippen LogP contribution in [0.4, 0.5) is 0 Å². The van der Waals surface area contributed by atoms with Crippen LogP contribution < -0.4 is 26.4 Å². The summed E-state index contributed by atoms with van der Waals surface area (Å²) in [6.45, 7) is 18.4. The summed E-state index contributed by atoms with van der Waals surface area (Å²) in [5, 5.41) is 0. The molecular formula is C55H68Ge3. The molecule has 3 heterocycles. The molecule has 6 aromatic carbocycles. The third kappa shape index (κ3) is 8.33. The molecule has 0 radical (unpaired) electrons. The normalized spacial score (nSPS) is 24.4. The summed E-state index contributed by atoms with van der Waals surface area (Å²) < 4.78 is 97.8. The van der Waals surface area contributed by atoms with Gasteiger partial charge in [0.1, 0.15) is 0 Å². The van der Waals surface area contributed by atoms with Crippen molar-refractivity contribution in [3.63, 3.8) is 0 Å². The molecular weight excluding hydrogens is 878 g/mol. The van der Waals surface area contributed by atoms with Gasteiger partial charge in [0, 0.05) is 0 Å². The Morgan fingerprint density at radius 3 is 1.17 bits per heavy atom. The van der Waals surface area contributed by atoms with Gasteiger partial charge < -0.3 is 0 Å². The summed E-state index contributed by atoms with van der Waals surface area (Å²) in [5.41, 5.74) is 5.60. The van der Waals surface area contributed by atoms with Gasteiger partial charge in [0.2, 0.25) is 0 Å². The molecule has 3 heteroatoms. The van der Waals surface area contributed by atoms with Crippen LogP contribution in [-0.2, 0) is 12.8 Å². The van der Waals surface area contributed by atoms with E-state index < -0.39 is 68.6 Å². The van der Waals surface area contributed by atoms with Crippen LogP contribution >= 0.6 is 0 Å². The Morgan fingerprint density at radius 2 is 0.759 bits per heavy atom. The Labute approximate surface area is 375 Å². The number of benzene rings is 6. The summed E-state index contributed by atoms with van der Waals surface area (Å²) in [4.78, 5) is 0. The molecule has 0 aliphatic carbocycles. The van der Waals surface area contributed by atoms with Crippen molar-refractivity contribution in [3.8, 4) is 33.4 Å². The molecule has 9 rings (SSSR count). The van der Waals surface area contributed by atoms with E-state index in [0.717, 1.165) is 82.9 Å². The van der Waals surface area contributed by atoms with Gasteiger partial charge in [0.05, 0.1) is 0 Å². The molecule has 0 amide bonds. The molecule has 0 saturated heterocycles. The van der Waals surface area contributed by atoms with Gasteiger partial charge in [-0.2, -0.15) is 0 Å². The molecule has 0 saturated carbocycles. The number of hydrogen-bond acceptors (Lipinski definition) is 0.